The van der Waals surface area contributed by atoms with E-state index in [1.165, 1.54) is 11.1 Å². The first-order valence-corrected chi connectivity index (χ1v) is 8.57. The number of piperidine rings is 1. The van der Waals surface area contributed by atoms with Crippen molar-refractivity contribution in [2.75, 3.05) is 27.3 Å². The Bertz CT molecular complexity index is 603. The maximum atomic E-state index is 10.8. The van der Waals surface area contributed by atoms with Crippen LogP contribution in [0.5, 0.6) is 11.5 Å². The summed E-state index contributed by atoms with van der Waals surface area (Å²) in [5.41, 5.74) is 2.42. The zero-order valence-corrected chi connectivity index (χ0v) is 14.6. The summed E-state index contributed by atoms with van der Waals surface area (Å²) in [7, 11) is 3.30. The monoisotopic (exact) mass is 321 g/mol. The normalized spacial score (nSPS) is 31.3. The van der Waals surface area contributed by atoms with Gasteiger partial charge in [0, 0.05) is 19.1 Å². The van der Waals surface area contributed by atoms with Gasteiger partial charge in [0.05, 0.1) is 21.7 Å². The Labute approximate surface area is 140 Å². The Hall–Kier alpha value is -1.26. The average molecular weight is 321 g/mol. The molecule has 0 amide bonds. The minimum absolute atomic E-state index is 0.00967. The van der Waals surface area contributed by atoms with E-state index in [0.717, 1.165) is 37.4 Å². The van der Waals surface area contributed by atoms with Crippen molar-refractivity contribution in [3.63, 3.8) is 0 Å². The first-order valence-electron chi connectivity index (χ1n) is 9.07. The molecule has 128 valence electrons. The fraction of sp³-hybridized carbons (Fsp3) is 0.684. The van der Waals surface area contributed by atoms with Crippen LogP contribution in [0.1, 0.15) is 45.2 Å². The van der Waals surface area contributed by atoms with Gasteiger partial charge in [-0.25, -0.2) is 0 Å². The number of nitrogens with zero attached hydrogens (tertiary/aromatic N) is 1. The Kier molecular flexibility index (Phi) is 4.45. The predicted octanol–water partition coefficient (Wildman–Crippen LogP) is 3.03. The van der Waals surface area contributed by atoms with Gasteiger partial charge in [-0.05, 0) is 54.4 Å². The fourth-order valence-corrected chi connectivity index (χ4v) is 4.07. The molecule has 1 aromatic rings. The Balaban J connectivity index is 1.92. The van der Waals surface area contributed by atoms with Crippen molar-refractivity contribution in [1.29, 1.82) is 0 Å². The van der Waals surface area contributed by atoms with E-state index in [1.807, 2.05) is 6.07 Å². The van der Waals surface area contributed by atoms with Crippen molar-refractivity contribution in [3.05, 3.63) is 23.3 Å². The smallest absolute Gasteiger partial charge is 0.161 e. The molecule has 4 nitrogen and oxygen atoms in total. The minimum Gasteiger partial charge on any atom is -0.493 e. The van der Waals surface area contributed by atoms with E-state index in [2.05, 4.69) is 24.8 Å². The topological polar surface area (TPSA) is 41.9 Å². The third kappa shape index (κ3) is 3.20. The number of aliphatic hydroxyl groups is 1. The highest BCUT2D eigenvalue weighted by molar-refractivity contribution is 5.49. The number of ether oxygens (including phenoxy) is 2. The number of hydrogen-bond donors (Lipinski definition) is 1. The molecule has 0 radical (unpaired) electrons. The number of fused-ring (bicyclic) bond motifs is 3. The highest BCUT2D eigenvalue weighted by atomic mass is 16.5. The van der Waals surface area contributed by atoms with E-state index >= 15 is 0 Å². The van der Waals surface area contributed by atoms with E-state index < -0.39 is 6.08 Å². The van der Waals surface area contributed by atoms with Crippen LogP contribution in [0, 0.1) is 11.8 Å². The van der Waals surface area contributed by atoms with Crippen LogP contribution in [0.15, 0.2) is 12.1 Å². The minimum atomic E-state index is -1.37. The van der Waals surface area contributed by atoms with Crippen LogP contribution in [-0.2, 0) is 6.42 Å². The number of hydrogen-bond acceptors (Lipinski definition) is 4. The standard InChI is InChI=1S/C19H29NO3/c1-12(2)7-14-11-20-6-5-13-8-18(22-3)19(23-4)9-15(13)16(20)10-17(14)21/h8-9,12,14,16-17,21H,5-7,10-11H2,1-4H3/i17T. The van der Waals surface area contributed by atoms with Crippen molar-refractivity contribution < 1.29 is 16.0 Å². The number of methoxy groups -OCH3 is 2. The Morgan fingerprint density at radius 3 is 2.65 bits per heavy atom. The number of rotatable bonds is 4. The first kappa shape index (κ1) is 15.3. The summed E-state index contributed by atoms with van der Waals surface area (Å²) in [6.45, 7) is 6.07. The highest BCUT2D eigenvalue weighted by Gasteiger charge is 2.38. The molecule has 2 aliphatic heterocycles. The Morgan fingerprint density at radius 2 is 2.00 bits per heavy atom. The van der Waals surface area contributed by atoms with E-state index in [1.54, 1.807) is 14.2 Å². The molecule has 0 bridgehead atoms. The van der Waals surface area contributed by atoms with Crippen LogP contribution in [0.3, 0.4) is 0 Å². The summed E-state index contributed by atoms with van der Waals surface area (Å²) < 4.78 is 19.4. The summed E-state index contributed by atoms with van der Waals surface area (Å²) >= 11 is 0. The second-order valence-corrected chi connectivity index (χ2v) is 7.19. The summed E-state index contributed by atoms with van der Waals surface area (Å²) in [5, 5.41) is 10.8. The molecule has 1 saturated heterocycles. The molecule has 0 aliphatic carbocycles. The molecule has 0 saturated carbocycles. The molecule has 3 atom stereocenters. The van der Waals surface area contributed by atoms with Gasteiger partial charge in [0.1, 0.15) is 0 Å². The second kappa shape index (κ2) is 6.70. The van der Waals surface area contributed by atoms with Crippen LogP contribution >= 0.6 is 0 Å². The molecular formula is C19H29NO3. The van der Waals surface area contributed by atoms with Gasteiger partial charge in [-0.15, -0.1) is 0 Å². The van der Waals surface area contributed by atoms with Gasteiger partial charge in [-0.1, -0.05) is 13.8 Å². The quantitative estimate of drug-likeness (QED) is 0.925. The van der Waals surface area contributed by atoms with Crippen molar-refractivity contribution in [2.45, 2.75) is 45.2 Å². The molecule has 3 rings (SSSR count). The molecule has 3 unspecified atom stereocenters. The molecule has 1 fully saturated rings. The maximum Gasteiger partial charge on any atom is 0.161 e. The van der Waals surface area contributed by atoms with Gasteiger partial charge in [0.25, 0.3) is 0 Å². The molecule has 4 heteroatoms. The molecule has 2 heterocycles. The lowest BCUT2D eigenvalue weighted by atomic mass is 9.79. The van der Waals surface area contributed by atoms with Gasteiger partial charge in [-0.3, -0.25) is 4.90 Å². The molecular weight excluding hydrogens is 290 g/mol. The van der Waals surface area contributed by atoms with E-state index in [0.29, 0.717) is 12.3 Å². The largest absolute Gasteiger partial charge is 0.493 e. The van der Waals surface area contributed by atoms with Crippen molar-refractivity contribution in [2.24, 2.45) is 11.8 Å². The zero-order valence-electron chi connectivity index (χ0n) is 15.6. The molecule has 0 aromatic heterocycles. The summed E-state index contributed by atoms with van der Waals surface area (Å²) in [5.74, 6) is 1.97. The first-order chi connectivity index (χ1) is 11.4. The molecule has 23 heavy (non-hydrogen) atoms. The predicted molar refractivity (Wildman–Crippen MR) is 91.1 cm³/mol. The Morgan fingerprint density at radius 1 is 1.30 bits per heavy atom. The van der Waals surface area contributed by atoms with Gasteiger partial charge < -0.3 is 14.6 Å². The summed E-state index contributed by atoms with van der Waals surface area (Å²) in [6, 6.07) is 4.16. The SMILES string of the molecule is [3H]C1(O)CC2c3cc(OC)c(OC)cc3CCN2CC1CC(C)C. The third-order valence-electron chi connectivity index (χ3n) is 5.20. The zero-order chi connectivity index (χ0) is 17.5. The fourth-order valence-electron chi connectivity index (χ4n) is 4.07. The summed E-state index contributed by atoms with van der Waals surface area (Å²) in [4.78, 5) is 2.43. The number of benzene rings is 1. The molecule has 1 N–H and O–H groups in total. The molecule has 1 aromatic carbocycles. The lowest BCUT2D eigenvalue weighted by Crippen LogP contribution is -2.48. The maximum absolute atomic E-state index is 10.8. The lowest BCUT2D eigenvalue weighted by molar-refractivity contribution is -0.0191. The van der Waals surface area contributed by atoms with E-state index in [-0.39, 0.29) is 12.0 Å². The van der Waals surface area contributed by atoms with Gasteiger partial charge >= 0.3 is 0 Å². The lowest BCUT2D eigenvalue weighted by Gasteiger charge is -2.46. The van der Waals surface area contributed by atoms with E-state index in [9.17, 15) is 5.11 Å². The van der Waals surface area contributed by atoms with Crippen molar-refractivity contribution >= 4 is 0 Å². The van der Waals surface area contributed by atoms with Crippen molar-refractivity contribution in [1.82, 2.24) is 4.90 Å². The average Bonchev–Trinajstić information content (AvgIpc) is 2.53. The van der Waals surface area contributed by atoms with Crippen LogP contribution in [0.2, 0.25) is 0 Å². The van der Waals surface area contributed by atoms with Crippen LogP contribution < -0.4 is 9.47 Å². The van der Waals surface area contributed by atoms with E-state index in [4.69, 9.17) is 10.8 Å². The van der Waals surface area contributed by atoms with Gasteiger partial charge in [-0.2, -0.15) is 0 Å². The van der Waals surface area contributed by atoms with Crippen LogP contribution in [0.4, 0.5) is 0 Å². The van der Waals surface area contributed by atoms with Gasteiger partial charge in [0.2, 0.25) is 0 Å². The summed E-state index contributed by atoms with van der Waals surface area (Å²) in [6.07, 6.45) is 0.944. The second-order valence-electron chi connectivity index (χ2n) is 7.19. The van der Waals surface area contributed by atoms with Crippen LogP contribution in [0.25, 0.3) is 0 Å². The van der Waals surface area contributed by atoms with Crippen LogP contribution in [-0.4, -0.2) is 43.4 Å². The third-order valence-corrected chi connectivity index (χ3v) is 5.20. The highest BCUT2D eigenvalue weighted by Crippen LogP contribution is 2.43. The molecule has 0 spiro atoms. The van der Waals surface area contributed by atoms with Gasteiger partial charge in [0.15, 0.2) is 11.5 Å². The van der Waals surface area contributed by atoms with Crippen molar-refractivity contribution in [3.8, 4) is 11.5 Å². The molecule has 2 aliphatic rings.